The van der Waals surface area contributed by atoms with Crippen molar-refractivity contribution in [1.29, 1.82) is 0 Å². The van der Waals surface area contributed by atoms with Crippen molar-refractivity contribution in [2.45, 2.75) is 45.4 Å². The minimum absolute atomic E-state index is 0.0564. The van der Waals surface area contributed by atoms with Gasteiger partial charge < -0.3 is 10.2 Å². The van der Waals surface area contributed by atoms with Gasteiger partial charge in [-0.3, -0.25) is 4.68 Å². The summed E-state index contributed by atoms with van der Waals surface area (Å²) in [5, 5.41) is 24.2. The first-order valence-electron chi connectivity index (χ1n) is 7.38. The van der Waals surface area contributed by atoms with Crippen molar-refractivity contribution < 1.29 is 10.2 Å². The zero-order valence-electron chi connectivity index (χ0n) is 12.1. The second-order valence-corrected chi connectivity index (χ2v) is 5.94. The number of aryl methyl sites for hydroxylation is 2. The van der Waals surface area contributed by atoms with Gasteiger partial charge in [-0.25, -0.2) is 0 Å². The molecule has 1 fully saturated rings. The van der Waals surface area contributed by atoms with E-state index in [1.807, 2.05) is 11.7 Å². The lowest BCUT2D eigenvalue weighted by Crippen LogP contribution is -2.39. The van der Waals surface area contributed by atoms with E-state index in [0.29, 0.717) is 12.3 Å². The number of aliphatic hydroxyl groups is 2. The van der Waals surface area contributed by atoms with Gasteiger partial charge in [-0.1, -0.05) is 19.8 Å². The first kappa shape index (κ1) is 14.5. The highest BCUT2D eigenvalue weighted by atomic mass is 16.3. The molecule has 1 saturated carbocycles. The van der Waals surface area contributed by atoms with Gasteiger partial charge in [0.1, 0.15) is 0 Å². The van der Waals surface area contributed by atoms with Crippen molar-refractivity contribution in [1.82, 2.24) is 9.78 Å². The maximum Gasteiger partial charge on any atom is 0.0624 e. The Labute approximate surface area is 115 Å². The van der Waals surface area contributed by atoms with E-state index in [2.05, 4.69) is 18.1 Å². The van der Waals surface area contributed by atoms with Crippen molar-refractivity contribution >= 4 is 0 Å². The lowest BCUT2D eigenvalue weighted by molar-refractivity contribution is 0.00434. The first-order chi connectivity index (χ1) is 9.15. The zero-order valence-corrected chi connectivity index (χ0v) is 12.1. The normalized spacial score (nSPS) is 17.3. The fourth-order valence-electron chi connectivity index (χ4n) is 3.37. The molecule has 0 unspecified atom stereocenters. The molecule has 0 spiro atoms. The van der Waals surface area contributed by atoms with Crippen LogP contribution in [0.4, 0.5) is 0 Å². The number of nitrogens with zero attached hydrogens (tertiary/aromatic N) is 2. The van der Waals surface area contributed by atoms with Gasteiger partial charge in [-0.2, -0.15) is 5.10 Å². The molecule has 2 rings (SSSR count). The van der Waals surface area contributed by atoms with Crippen LogP contribution in [-0.4, -0.2) is 33.2 Å². The summed E-state index contributed by atoms with van der Waals surface area (Å²) >= 11 is 0. The first-order valence-corrected chi connectivity index (χ1v) is 7.38. The summed E-state index contributed by atoms with van der Waals surface area (Å²) in [5.41, 5.74) is 1.82. The minimum Gasteiger partial charge on any atom is -0.396 e. The standard InChI is InChI=1S/C15H26N2O2/c1-3-13-8-14(17(2)16-13)9-15(10-18,11-19)12-6-4-5-7-12/h8,12,18-19H,3-7,9-11H2,1-2H3. The van der Waals surface area contributed by atoms with Crippen LogP contribution in [0.1, 0.15) is 44.0 Å². The topological polar surface area (TPSA) is 58.3 Å². The highest BCUT2D eigenvalue weighted by molar-refractivity contribution is 5.13. The molecule has 1 aliphatic rings. The zero-order chi connectivity index (χ0) is 13.9. The number of aromatic nitrogens is 2. The SMILES string of the molecule is CCc1cc(CC(CO)(CO)C2CCCC2)n(C)n1. The quantitative estimate of drug-likeness (QED) is 0.823. The van der Waals surface area contributed by atoms with Crippen LogP contribution in [0.15, 0.2) is 6.07 Å². The minimum atomic E-state index is -0.380. The van der Waals surface area contributed by atoms with E-state index in [-0.39, 0.29) is 18.6 Å². The Hall–Kier alpha value is -0.870. The molecule has 4 nitrogen and oxygen atoms in total. The third-order valence-electron chi connectivity index (χ3n) is 4.77. The molecule has 1 aromatic heterocycles. The smallest absolute Gasteiger partial charge is 0.0624 e. The number of hydrogen-bond donors (Lipinski definition) is 2. The molecule has 0 bridgehead atoms. The van der Waals surface area contributed by atoms with E-state index in [0.717, 1.165) is 30.7 Å². The number of aliphatic hydroxyl groups excluding tert-OH is 2. The molecule has 0 amide bonds. The molecule has 0 aromatic carbocycles. The summed E-state index contributed by atoms with van der Waals surface area (Å²) in [6.07, 6.45) is 6.33. The molecule has 0 saturated heterocycles. The second kappa shape index (κ2) is 6.06. The molecule has 0 radical (unpaired) electrons. The second-order valence-electron chi connectivity index (χ2n) is 5.94. The number of rotatable bonds is 6. The van der Waals surface area contributed by atoms with E-state index >= 15 is 0 Å². The highest BCUT2D eigenvalue weighted by Crippen LogP contribution is 2.41. The Morgan fingerprint density at radius 3 is 2.42 bits per heavy atom. The average molecular weight is 266 g/mol. The van der Waals surface area contributed by atoms with Gasteiger partial charge in [-0.05, 0) is 37.7 Å². The van der Waals surface area contributed by atoms with Crippen LogP contribution in [0.5, 0.6) is 0 Å². The van der Waals surface area contributed by atoms with Crippen LogP contribution in [0, 0.1) is 11.3 Å². The van der Waals surface area contributed by atoms with E-state index in [9.17, 15) is 10.2 Å². The molecule has 4 heteroatoms. The summed E-state index contributed by atoms with van der Waals surface area (Å²) in [7, 11) is 1.95. The van der Waals surface area contributed by atoms with Gasteiger partial charge in [0.2, 0.25) is 0 Å². The Kier molecular flexibility index (Phi) is 4.63. The molecule has 2 N–H and O–H groups in total. The van der Waals surface area contributed by atoms with Crippen molar-refractivity contribution in [2.24, 2.45) is 18.4 Å². The molecule has 1 heterocycles. The van der Waals surface area contributed by atoms with E-state index < -0.39 is 0 Å². The Bertz CT molecular complexity index is 404. The molecule has 1 aromatic rings. The van der Waals surface area contributed by atoms with Gasteiger partial charge in [-0.15, -0.1) is 0 Å². The van der Waals surface area contributed by atoms with Gasteiger partial charge >= 0.3 is 0 Å². The van der Waals surface area contributed by atoms with Crippen molar-refractivity contribution in [3.63, 3.8) is 0 Å². The van der Waals surface area contributed by atoms with Gasteiger partial charge in [0.15, 0.2) is 0 Å². The van der Waals surface area contributed by atoms with E-state index in [4.69, 9.17) is 0 Å². The largest absolute Gasteiger partial charge is 0.396 e. The van der Waals surface area contributed by atoms with Crippen molar-refractivity contribution in [3.8, 4) is 0 Å². The summed E-state index contributed by atoms with van der Waals surface area (Å²) < 4.78 is 1.90. The van der Waals surface area contributed by atoms with Crippen LogP contribution < -0.4 is 0 Å². The predicted octanol–water partition coefficient (Wildman–Crippen LogP) is 1.69. The van der Waals surface area contributed by atoms with Gasteiger partial charge in [0, 0.05) is 18.2 Å². The van der Waals surface area contributed by atoms with Crippen LogP contribution in [0.2, 0.25) is 0 Å². The lowest BCUT2D eigenvalue weighted by Gasteiger charge is -2.36. The van der Waals surface area contributed by atoms with E-state index in [1.54, 1.807) is 0 Å². The van der Waals surface area contributed by atoms with E-state index in [1.165, 1.54) is 12.8 Å². The molecular formula is C15H26N2O2. The summed E-state index contributed by atoms with van der Waals surface area (Å²) in [5.74, 6) is 0.433. The Morgan fingerprint density at radius 1 is 1.32 bits per heavy atom. The maximum atomic E-state index is 9.86. The molecule has 19 heavy (non-hydrogen) atoms. The molecule has 108 valence electrons. The summed E-state index contributed by atoms with van der Waals surface area (Å²) in [6, 6.07) is 2.11. The number of hydrogen-bond acceptors (Lipinski definition) is 3. The van der Waals surface area contributed by atoms with Crippen LogP contribution in [-0.2, 0) is 19.9 Å². The maximum absolute atomic E-state index is 9.86. The highest BCUT2D eigenvalue weighted by Gasteiger charge is 2.40. The monoisotopic (exact) mass is 266 g/mol. The predicted molar refractivity (Wildman–Crippen MR) is 74.9 cm³/mol. The van der Waals surface area contributed by atoms with Crippen LogP contribution in [0.25, 0.3) is 0 Å². The van der Waals surface area contributed by atoms with Gasteiger partial charge in [0.05, 0.1) is 18.9 Å². The third kappa shape index (κ3) is 2.84. The van der Waals surface area contributed by atoms with Gasteiger partial charge in [0.25, 0.3) is 0 Å². The average Bonchev–Trinajstić information content (AvgIpc) is 3.06. The Morgan fingerprint density at radius 2 is 1.95 bits per heavy atom. The van der Waals surface area contributed by atoms with Crippen LogP contribution >= 0.6 is 0 Å². The van der Waals surface area contributed by atoms with Crippen molar-refractivity contribution in [2.75, 3.05) is 13.2 Å². The Balaban J connectivity index is 2.21. The third-order valence-corrected chi connectivity index (χ3v) is 4.77. The fraction of sp³-hybridized carbons (Fsp3) is 0.800. The van der Waals surface area contributed by atoms with Crippen molar-refractivity contribution in [3.05, 3.63) is 17.5 Å². The summed E-state index contributed by atoms with van der Waals surface area (Å²) in [4.78, 5) is 0. The van der Waals surface area contributed by atoms with Crippen LogP contribution in [0.3, 0.4) is 0 Å². The molecule has 1 aliphatic carbocycles. The molecule has 0 aliphatic heterocycles. The summed E-state index contributed by atoms with van der Waals surface area (Å²) in [6.45, 7) is 2.20. The molecular weight excluding hydrogens is 240 g/mol. The fourth-order valence-corrected chi connectivity index (χ4v) is 3.37. The molecule has 0 atom stereocenters. The lowest BCUT2D eigenvalue weighted by atomic mass is 9.72.